The first-order valence-electron chi connectivity index (χ1n) is 19.4. The maximum absolute atomic E-state index is 6.76. The van der Waals surface area contributed by atoms with E-state index >= 15 is 0 Å². The molecule has 1 aliphatic rings. The van der Waals surface area contributed by atoms with Crippen LogP contribution < -0.4 is 4.74 Å². The number of fused-ring (bicyclic) bond motifs is 3. The average molecular weight is 886 g/mol. The SMILES string of the molecule is CCCCc1c(C2C(C)=C[C@H](C)C[C@@H]2C)c(C)nn1-c1[c-]c(Oc2[c-]c3c(cc2)c2ccccc2n3-c2cc(CCC)ccn2)cc(C(C)(C)C)c1.[Pt+2]. The average Bonchev–Trinajstić information content (AvgIpc) is 3.60. The fourth-order valence-corrected chi connectivity index (χ4v) is 8.53. The fraction of sp³-hybridized carbons (Fsp3) is 0.404. The zero-order valence-electron chi connectivity index (χ0n) is 32.9. The second-order valence-corrected chi connectivity index (χ2v) is 16.2. The molecular formula is C47H54N4OPt. The summed E-state index contributed by atoms with van der Waals surface area (Å²) in [5.74, 6) is 3.75. The van der Waals surface area contributed by atoms with Gasteiger partial charge in [-0.3, -0.25) is 4.68 Å². The molecule has 0 fully saturated rings. The molecule has 53 heavy (non-hydrogen) atoms. The van der Waals surface area contributed by atoms with Crippen LogP contribution in [0, 0.1) is 30.9 Å². The summed E-state index contributed by atoms with van der Waals surface area (Å²) in [5, 5.41) is 7.57. The van der Waals surface area contributed by atoms with Crippen LogP contribution in [0.1, 0.15) is 115 Å². The number of rotatable bonds is 10. The van der Waals surface area contributed by atoms with Crippen molar-refractivity contribution in [3.05, 3.63) is 119 Å². The summed E-state index contributed by atoms with van der Waals surface area (Å²) in [6, 6.07) is 28.7. The molecule has 1 aliphatic carbocycles. The number of benzene rings is 3. The first kappa shape index (κ1) is 38.8. The second kappa shape index (κ2) is 15.8. The topological polar surface area (TPSA) is 44.9 Å². The molecule has 0 N–H and O–H groups in total. The van der Waals surface area contributed by atoms with E-state index in [0.717, 1.165) is 65.7 Å². The van der Waals surface area contributed by atoms with Gasteiger partial charge in [0.25, 0.3) is 0 Å². The van der Waals surface area contributed by atoms with Crippen molar-refractivity contribution < 1.29 is 25.8 Å². The molecule has 278 valence electrons. The van der Waals surface area contributed by atoms with Crippen LogP contribution in [0.5, 0.6) is 11.5 Å². The van der Waals surface area contributed by atoms with Crippen molar-refractivity contribution in [2.24, 2.45) is 11.8 Å². The minimum absolute atomic E-state index is 0. The second-order valence-electron chi connectivity index (χ2n) is 16.2. The molecule has 0 spiro atoms. The maximum atomic E-state index is 6.76. The van der Waals surface area contributed by atoms with Crippen LogP contribution in [0.15, 0.2) is 78.5 Å². The third-order valence-corrected chi connectivity index (χ3v) is 10.9. The number of hydrogen-bond acceptors (Lipinski definition) is 3. The predicted octanol–water partition coefficient (Wildman–Crippen LogP) is 12.4. The van der Waals surface area contributed by atoms with Crippen LogP contribution in [0.25, 0.3) is 33.3 Å². The van der Waals surface area contributed by atoms with Crippen molar-refractivity contribution in [2.45, 2.75) is 112 Å². The fourth-order valence-electron chi connectivity index (χ4n) is 8.53. The largest absolute Gasteiger partial charge is 2.00 e. The summed E-state index contributed by atoms with van der Waals surface area (Å²) in [4.78, 5) is 4.83. The molecule has 7 rings (SSSR count). The van der Waals surface area contributed by atoms with Crippen molar-refractivity contribution in [3.8, 4) is 23.0 Å². The Morgan fingerprint density at radius 1 is 0.887 bits per heavy atom. The van der Waals surface area contributed by atoms with Gasteiger partial charge in [0.15, 0.2) is 0 Å². The van der Waals surface area contributed by atoms with Gasteiger partial charge in [0.05, 0.1) is 5.69 Å². The van der Waals surface area contributed by atoms with Gasteiger partial charge in [-0.1, -0.05) is 96.7 Å². The van der Waals surface area contributed by atoms with Crippen molar-refractivity contribution in [2.75, 3.05) is 0 Å². The number of hydrogen-bond donors (Lipinski definition) is 0. The van der Waals surface area contributed by atoms with Gasteiger partial charge in [-0.2, -0.15) is 11.2 Å². The number of unbranched alkanes of at least 4 members (excludes halogenated alkanes) is 1. The molecule has 3 aromatic heterocycles. The van der Waals surface area contributed by atoms with Crippen LogP contribution in [-0.4, -0.2) is 19.3 Å². The molecule has 0 radical (unpaired) electrons. The minimum Gasteiger partial charge on any atom is -0.509 e. The Hall–Kier alpha value is -3.95. The number of allylic oxidation sites excluding steroid dienone is 2. The zero-order valence-corrected chi connectivity index (χ0v) is 35.2. The Bertz CT molecular complexity index is 2270. The van der Waals surface area contributed by atoms with Crippen molar-refractivity contribution in [3.63, 3.8) is 0 Å². The van der Waals surface area contributed by atoms with Crippen LogP contribution in [-0.2, 0) is 39.3 Å². The van der Waals surface area contributed by atoms with Crippen LogP contribution >= 0.6 is 0 Å². The molecule has 5 nitrogen and oxygen atoms in total. The Balaban J connectivity index is 0.00000481. The summed E-state index contributed by atoms with van der Waals surface area (Å²) in [6.45, 7) is 20.5. The number of nitrogens with zero attached hydrogens (tertiary/aromatic N) is 4. The monoisotopic (exact) mass is 885 g/mol. The Morgan fingerprint density at radius 3 is 2.42 bits per heavy atom. The number of ether oxygens (including phenoxy) is 1. The summed E-state index contributed by atoms with van der Waals surface area (Å²) < 4.78 is 11.2. The van der Waals surface area contributed by atoms with Crippen LogP contribution in [0.4, 0.5) is 0 Å². The van der Waals surface area contributed by atoms with E-state index in [1.807, 2.05) is 12.3 Å². The van der Waals surface area contributed by atoms with Gasteiger partial charge >= 0.3 is 21.1 Å². The van der Waals surface area contributed by atoms with E-state index in [1.165, 1.54) is 39.8 Å². The molecule has 0 saturated carbocycles. The van der Waals surface area contributed by atoms with E-state index in [4.69, 9.17) is 14.8 Å². The standard InChI is InChI=1S/C47H54N4O.Pt/c1-10-12-17-42-46(45-31(4)23-30(3)24-32(45)5)33(6)49-51(42)36-26-35(47(7,8)9)27-38(28-36)52-37-19-20-40-39-16-13-14-18-41(39)50(43(40)29-37)44-25-34(15-11-2)21-22-48-44;/h13-14,16,18-23,25-27,30,32,45H,10-12,15,17,24H2,1-9H3;/q-2;+2/t30-,32-,45?;/m0./s1. The van der Waals surface area contributed by atoms with Gasteiger partial charge in [0.1, 0.15) is 5.82 Å². The number of para-hydroxylation sites is 1. The van der Waals surface area contributed by atoms with E-state index in [2.05, 4.69) is 144 Å². The smallest absolute Gasteiger partial charge is 0.509 e. The van der Waals surface area contributed by atoms with Crippen LogP contribution in [0.3, 0.4) is 0 Å². The molecule has 1 unspecified atom stereocenters. The van der Waals surface area contributed by atoms with Crippen LogP contribution in [0.2, 0.25) is 0 Å². The van der Waals surface area contributed by atoms with E-state index in [0.29, 0.717) is 29.3 Å². The minimum atomic E-state index is -0.112. The number of aromatic nitrogens is 4. The molecule has 0 saturated heterocycles. The van der Waals surface area contributed by atoms with Gasteiger partial charge in [0.2, 0.25) is 0 Å². The normalized spacial score (nSPS) is 17.6. The number of pyridine rings is 1. The molecule has 6 heteroatoms. The maximum Gasteiger partial charge on any atom is 2.00 e. The summed E-state index contributed by atoms with van der Waals surface area (Å²) in [7, 11) is 0. The Morgan fingerprint density at radius 2 is 1.68 bits per heavy atom. The van der Waals surface area contributed by atoms with Gasteiger partial charge in [-0.15, -0.1) is 41.3 Å². The zero-order chi connectivity index (χ0) is 36.7. The molecule has 6 aromatic rings. The molecule has 3 atom stereocenters. The predicted molar refractivity (Wildman–Crippen MR) is 215 cm³/mol. The van der Waals surface area contributed by atoms with Gasteiger partial charge in [0, 0.05) is 40.4 Å². The molecule has 3 aromatic carbocycles. The first-order valence-corrected chi connectivity index (χ1v) is 19.4. The number of aryl methyl sites for hydroxylation is 2. The molecular weight excluding hydrogens is 832 g/mol. The molecule has 0 aliphatic heterocycles. The molecule has 3 heterocycles. The third-order valence-electron chi connectivity index (χ3n) is 10.9. The third kappa shape index (κ3) is 7.70. The van der Waals surface area contributed by atoms with Gasteiger partial charge in [-0.25, -0.2) is 4.98 Å². The Kier molecular flexibility index (Phi) is 11.6. The van der Waals surface area contributed by atoms with E-state index in [9.17, 15) is 0 Å². The molecule has 0 amide bonds. The summed E-state index contributed by atoms with van der Waals surface area (Å²) >= 11 is 0. The summed E-state index contributed by atoms with van der Waals surface area (Å²) in [6.07, 6.45) is 10.9. The molecule has 0 bridgehead atoms. The quantitative estimate of drug-likeness (QED) is 0.102. The first-order chi connectivity index (χ1) is 25.0. The van der Waals surface area contributed by atoms with E-state index in [-0.39, 0.29) is 26.5 Å². The van der Waals surface area contributed by atoms with Crippen molar-refractivity contribution in [1.82, 2.24) is 19.3 Å². The summed E-state index contributed by atoms with van der Waals surface area (Å²) in [5.41, 5.74) is 10.6. The van der Waals surface area contributed by atoms with Crippen molar-refractivity contribution >= 4 is 21.8 Å². The van der Waals surface area contributed by atoms with E-state index in [1.54, 1.807) is 0 Å². The van der Waals surface area contributed by atoms with E-state index < -0.39 is 0 Å². The van der Waals surface area contributed by atoms with Gasteiger partial charge < -0.3 is 9.30 Å². The van der Waals surface area contributed by atoms with Gasteiger partial charge in [-0.05, 0) is 91.6 Å². The Labute approximate surface area is 331 Å². The van der Waals surface area contributed by atoms with Crippen molar-refractivity contribution in [1.29, 1.82) is 0 Å².